The van der Waals surface area contributed by atoms with E-state index in [1.807, 2.05) is 0 Å². The topological polar surface area (TPSA) is 154 Å². The second kappa shape index (κ2) is 7.20. The molecule has 1 heterocycles. The summed E-state index contributed by atoms with van der Waals surface area (Å²) in [7, 11) is -4.17. The number of anilines is 2. The number of ether oxygens (including phenoxy) is 2. The molecular formula is C10H17N4O5P. The third-order valence-electron chi connectivity index (χ3n) is 2.09. The summed E-state index contributed by atoms with van der Waals surface area (Å²) in [6.45, 7) is 3.62. The quantitative estimate of drug-likeness (QED) is 0.293. The van der Waals surface area contributed by atoms with Gasteiger partial charge in [0.2, 0.25) is 11.8 Å². The van der Waals surface area contributed by atoms with Gasteiger partial charge in [0.15, 0.2) is 0 Å². The van der Waals surface area contributed by atoms with Crippen LogP contribution in [0.3, 0.4) is 0 Å². The van der Waals surface area contributed by atoms with Crippen LogP contribution >= 0.6 is 7.60 Å². The standard InChI is InChI=1S/C10H17N4O5P/c1-2-3-7-8(11)13-10(12)14-9(7)19-5-4-18-6-20(15,16)17/h2H,1,3-6H2,(H2,15,16,17)(H4,11,12,13,14). The highest BCUT2D eigenvalue weighted by molar-refractivity contribution is 7.51. The number of hydrogen-bond donors (Lipinski definition) is 4. The van der Waals surface area contributed by atoms with E-state index in [1.165, 1.54) is 0 Å². The van der Waals surface area contributed by atoms with Crippen LogP contribution in [0.4, 0.5) is 11.8 Å². The molecule has 1 aromatic rings. The van der Waals surface area contributed by atoms with Crippen LogP contribution < -0.4 is 16.2 Å². The van der Waals surface area contributed by atoms with Crippen LogP contribution in [-0.2, 0) is 15.7 Å². The van der Waals surface area contributed by atoms with E-state index in [0.717, 1.165) is 0 Å². The lowest BCUT2D eigenvalue weighted by atomic mass is 10.2. The molecule has 6 N–H and O–H groups in total. The van der Waals surface area contributed by atoms with Crippen LogP contribution in [0.25, 0.3) is 0 Å². The molecule has 0 fully saturated rings. The molecule has 10 heteroatoms. The van der Waals surface area contributed by atoms with Crippen LogP contribution in [-0.4, -0.2) is 39.3 Å². The van der Waals surface area contributed by atoms with Gasteiger partial charge in [0.05, 0.1) is 12.2 Å². The Morgan fingerprint density at radius 2 is 2.00 bits per heavy atom. The highest BCUT2D eigenvalue weighted by Gasteiger charge is 2.14. The van der Waals surface area contributed by atoms with Crippen molar-refractivity contribution in [2.24, 2.45) is 0 Å². The smallest absolute Gasteiger partial charge is 0.350 e. The highest BCUT2D eigenvalue weighted by atomic mass is 31.2. The van der Waals surface area contributed by atoms with Crippen LogP contribution in [0.1, 0.15) is 5.56 Å². The summed E-state index contributed by atoms with van der Waals surface area (Å²) in [6, 6.07) is 0. The summed E-state index contributed by atoms with van der Waals surface area (Å²) in [4.78, 5) is 24.9. The third kappa shape index (κ3) is 5.54. The van der Waals surface area contributed by atoms with Crippen LogP contribution in [0.2, 0.25) is 0 Å². The van der Waals surface area contributed by atoms with E-state index in [4.69, 9.17) is 30.7 Å². The maximum atomic E-state index is 10.6. The lowest BCUT2D eigenvalue weighted by Crippen LogP contribution is -2.12. The van der Waals surface area contributed by atoms with Crippen molar-refractivity contribution >= 4 is 19.4 Å². The van der Waals surface area contributed by atoms with E-state index in [2.05, 4.69) is 16.5 Å². The SMILES string of the molecule is C=CCc1c(N)nc(N)nc1OCCOCP(=O)(O)O. The minimum atomic E-state index is -4.17. The molecule has 1 rings (SSSR count). The van der Waals surface area contributed by atoms with Gasteiger partial charge in [-0.05, 0) is 6.42 Å². The lowest BCUT2D eigenvalue weighted by Gasteiger charge is -2.12. The predicted octanol–water partition coefficient (Wildman–Crippen LogP) is -0.0999. The molecule has 0 aliphatic rings. The van der Waals surface area contributed by atoms with Gasteiger partial charge < -0.3 is 30.7 Å². The van der Waals surface area contributed by atoms with E-state index in [9.17, 15) is 4.57 Å². The summed E-state index contributed by atoms with van der Waals surface area (Å²) in [5.41, 5.74) is 11.7. The first-order valence-corrected chi connectivity index (χ1v) is 7.41. The number of aromatic nitrogens is 2. The number of nitrogens with two attached hydrogens (primary N) is 2. The van der Waals surface area contributed by atoms with E-state index in [0.29, 0.717) is 12.0 Å². The van der Waals surface area contributed by atoms with Crippen molar-refractivity contribution in [1.29, 1.82) is 0 Å². The molecule has 0 atom stereocenters. The number of hydrogen-bond acceptors (Lipinski definition) is 7. The lowest BCUT2D eigenvalue weighted by molar-refractivity contribution is 0.117. The van der Waals surface area contributed by atoms with E-state index in [1.54, 1.807) is 6.08 Å². The zero-order valence-corrected chi connectivity index (χ0v) is 11.6. The van der Waals surface area contributed by atoms with Crippen molar-refractivity contribution in [2.75, 3.05) is 31.0 Å². The highest BCUT2D eigenvalue weighted by Crippen LogP contribution is 2.33. The molecule has 0 spiro atoms. The molecule has 1 aromatic heterocycles. The van der Waals surface area contributed by atoms with Gasteiger partial charge in [0.25, 0.3) is 0 Å². The van der Waals surface area contributed by atoms with E-state index < -0.39 is 13.9 Å². The van der Waals surface area contributed by atoms with Crippen LogP contribution in [0.5, 0.6) is 5.88 Å². The van der Waals surface area contributed by atoms with Crippen LogP contribution in [0, 0.1) is 0 Å². The average Bonchev–Trinajstić information content (AvgIpc) is 2.31. The molecule has 0 unspecified atom stereocenters. The first-order chi connectivity index (χ1) is 9.33. The van der Waals surface area contributed by atoms with Crippen molar-refractivity contribution < 1.29 is 23.8 Å². The van der Waals surface area contributed by atoms with Crippen molar-refractivity contribution in [3.63, 3.8) is 0 Å². The molecule has 112 valence electrons. The minimum absolute atomic E-state index is 0.0115. The van der Waals surface area contributed by atoms with Crippen molar-refractivity contribution in [2.45, 2.75) is 6.42 Å². The van der Waals surface area contributed by atoms with Crippen LogP contribution in [0.15, 0.2) is 12.7 Å². The Labute approximate surface area is 115 Å². The summed E-state index contributed by atoms with van der Waals surface area (Å²) in [5, 5.41) is 0. The molecule has 0 amide bonds. The maximum Gasteiger partial charge on any atom is 0.350 e. The zero-order valence-electron chi connectivity index (χ0n) is 10.7. The first-order valence-electron chi connectivity index (χ1n) is 5.61. The number of nitrogen functional groups attached to an aromatic ring is 2. The van der Waals surface area contributed by atoms with Crippen molar-refractivity contribution in [3.8, 4) is 5.88 Å². The Balaban J connectivity index is 2.58. The van der Waals surface area contributed by atoms with Gasteiger partial charge in [-0.3, -0.25) is 4.57 Å². The Kier molecular flexibility index (Phi) is 5.90. The summed E-state index contributed by atoms with van der Waals surface area (Å²) in [5.74, 6) is 0.375. The van der Waals surface area contributed by atoms with Crippen molar-refractivity contribution in [3.05, 3.63) is 18.2 Å². The molecular weight excluding hydrogens is 287 g/mol. The fourth-order valence-electron chi connectivity index (χ4n) is 1.33. The number of nitrogens with zero attached hydrogens (tertiary/aromatic N) is 2. The van der Waals surface area contributed by atoms with E-state index in [-0.39, 0.29) is 30.9 Å². The molecule has 20 heavy (non-hydrogen) atoms. The first kappa shape index (κ1) is 16.4. The fourth-order valence-corrected chi connectivity index (χ4v) is 1.70. The Morgan fingerprint density at radius 3 is 2.60 bits per heavy atom. The third-order valence-corrected chi connectivity index (χ3v) is 2.61. The average molecular weight is 304 g/mol. The predicted molar refractivity (Wildman–Crippen MR) is 73.1 cm³/mol. The normalized spacial score (nSPS) is 11.3. The summed E-state index contributed by atoms with van der Waals surface area (Å²) in [6.07, 6.45) is 1.36. The molecule has 0 radical (unpaired) electrons. The Bertz CT molecular complexity index is 519. The number of allylic oxidation sites excluding steroid dienone is 1. The van der Waals surface area contributed by atoms with Gasteiger partial charge in [-0.1, -0.05) is 6.08 Å². The van der Waals surface area contributed by atoms with Gasteiger partial charge in [-0.15, -0.1) is 6.58 Å². The van der Waals surface area contributed by atoms with Crippen molar-refractivity contribution in [1.82, 2.24) is 9.97 Å². The van der Waals surface area contributed by atoms with Gasteiger partial charge in [0.1, 0.15) is 18.8 Å². The second-order valence-corrected chi connectivity index (χ2v) is 5.38. The second-order valence-electron chi connectivity index (χ2n) is 3.79. The molecule has 9 nitrogen and oxygen atoms in total. The molecule has 0 aromatic carbocycles. The molecule has 0 aliphatic carbocycles. The summed E-state index contributed by atoms with van der Waals surface area (Å²) < 4.78 is 20.7. The fraction of sp³-hybridized carbons (Fsp3) is 0.400. The van der Waals surface area contributed by atoms with Gasteiger partial charge in [-0.2, -0.15) is 9.97 Å². The van der Waals surface area contributed by atoms with E-state index >= 15 is 0 Å². The molecule has 0 saturated heterocycles. The monoisotopic (exact) mass is 304 g/mol. The summed E-state index contributed by atoms with van der Waals surface area (Å²) >= 11 is 0. The largest absolute Gasteiger partial charge is 0.475 e. The van der Waals surface area contributed by atoms with Gasteiger partial charge >= 0.3 is 7.60 Å². The molecule has 0 bridgehead atoms. The molecule has 0 aliphatic heterocycles. The Hall–Kier alpha value is -1.67. The minimum Gasteiger partial charge on any atom is -0.475 e. The van der Waals surface area contributed by atoms with Gasteiger partial charge in [-0.25, -0.2) is 0 Å². The molecule has 0 saturated carbocycles. The zero-order chi connectivity index (χ0) is 15.2. The Morgan fingerprint density at radius 1 is 1.30 bits per heavy atom. The number of rotatable bonds is 8. The van der Waals surface area contributed by atoms with Gasteiger partial charge in [0, 0.05) is 0 Å². The maximum absolute atomic E-state index is 10.6.